The molecule has 0 aromatic heterocycles. The van der Waals surface area contributed by atoms with Gasteiger partial charge in [0.05, 0.1) is 11.3 Å². The highest BCUT2D eigenvalue weighted by Gasteiger charge is 2.36. The highest BCUT2D eigenvalue weighted by molar-refractivity contribution is 9.10. The predicted octanol–water partition coefficient (Wildman–Crippen LogP) is 5.25. The molecule has 1 saturated heterocycles. The Morgan fingerprint density at radius 3 is 2.48 bits per heavy atom. The first kappa shape index (κ1) is 16.4. The van der Waals surface area contributed by atoms with E-state index >= 15 is 0 Å². The molecule has 0 spiro atoms. The summed E-state index contributed by atoms with van der Waals surface area (Å²) >= 11 is 4.65. The zero-order valence-electron chi connectivity index (χ0n) is 11.7. The maximum Gasteiger partial charge on any atom is 0.416 e. The van der Waals surface area contributed by atoms with Gasteiger partial charge in [-0.1, -0.05) is 28.1 Å². The summed E-state index contributed by atoms with van der Waals surface area (Å²) in [6.07, 6.45) is -4.40. The molecular formula is C16H11BrF3NOS. The molecule has 1 amide bonds. The topological polar surface area (TPSA) is 20.3 Å². The lowest BCUT2D eigenvalue weighted by molar-refractivity contribution is -0.137. The Bertz CT molecular complexity index is 733. The average Bonchev–Trinajstić information content (AvgIpc) is 2.89. The van der Waals surface area contributed by atoms with E-state index in [2.05, 4.69) is 15.9 Å². The molecule has 1 aliphatic rings. The molecule has 120 valence electrons. The molecule has 2 aromatic rings. The number of amides is 1. The Morgan fingerprint density at radius 2 is 1.83 bits per heavy atom. The molecule has 2 nitrogen and oxygen atoms in total. The van der Waals surface area contributed by atoms with E-state index in [4.69, 9.17) is 0 Å². The standard InChI is InChI=1S/C16H11BrF3NOS/c17-12-4-6-13(7-5-12)21-14(22)9-23-15(21)10-2-1-3-11(8-10)16(18,19)20/h1-8,15H,9H2/t15-/m1/s1. The second-order valence-corrected chi connectivity index (χ2v) is 7.01. The largest absolute Gasteiger partial charge is 0.416 e. The minimum atomic E-state index is -4.40. The molecule has 0 N–H and O–H groups in total. The van der Waals surface area contributed by atoms with Crippen molar-refractivity contribution in [1.82, 2.24) is 0 Å². The van der Waals surface area contributed by atoms with E-state index < -0.39 is 17.1 Å². The van der Waals surface area contributed by atoms with Crippen molar-refractivity contribution >= 4 is 39.3 Å². The van der Waals surface area contributed by atoms with Crippen molar-refractivity contribution in [2.75, 3.05) is 10.7 Å². The SMILES string of the molecule is O=C1CS[C@H](c2cccc(C(F)(F)F)c2)N1c1ccc(Br)cc1. The zero-order valence-corrected chi connectivity index (χ0v) is 14.1. The van der Waals surface area contributed by atoms with Gasteiger partial charge in [-0.15, -0.1) is 11.8 Å². The smallest absolute Gasteiger partial charge is 0.295 e. The number of carbonyl (C=O) groups excluding carboxylic acids is 1. The lowest BCUT2D eigenvalue weighted by Crippen LogP contribution is -2.27. The normalized spacial score (nSPS) is 18.5. The number of hydrogen-bond acceptors (Lipinski definition) is 2. The second kappa shape index (κ2) is 6.20. The van der Waals surface area contributed by atoms with Gasteiger partial charge in [0.25, 0.3) is 0 Å². The van der Waals surface area contributed by atoms with Crippen LogP contribution < -0.4 is 4.90 Å². The van der Waals surface area contributed by atoms with Gasteiger partial charge in [0.2, 0.25) is 5.91 Å². The Morgan fingerprint density at radius 1 is 1.13 bits per heavy atom. The van der Waals surface area contributed by atoms with Gasteiger partial charge in [0.1, 0.15) is 5.37 Å². The van der Waals surface area contributed by atoms with Gasteiger partial charge in [-0.25, -0.2) is 0 Å². The van der Waals surface area contributed by atoms with Crippen molar-refractivity contribution in [3.63, 3.8) is 0 Å². The summed E-state index contributed by atoms with van der Waals surface area (Å²) in [4.78, 5) is 13.7. The molecule has 1 atom stereocenters. The fourth-order valence-corrected chi connectivity index (χ4v) is 3.85. The zero-order chi connectivity index (χ0) is 16.6. The maximum atomic E-state index is 12.9. The van der Waals surface area contributed by atoms with Crippen molar-refractivity contribution in [3.05, 3.63) is 64.1 Å². The van der Waals surface area contributed by atoms with Gasteiger partial charge in [-0.05, 0) is 42.0 Å². The van der Waals surface area contributed by atoms with Crippen LogP contribution in [0.1, 0.15) is 16.5 Å². The third-order valence-electron chi connectivity index (χ3n) is 3.47. The molecule has 1 fully saturated rings. The van der Waals surface area contributed by atoms with E-state index in [0.717, 1.165) is 16.6 Å². The number of carbonyl (C=O) groups is 1. The summed E-state index contributed by atoms with van der Waals surface area (Å²) in [6, 6.07) is 12.3. The molecule has 2 aromatic carbocycles. The van der Waals surface area contributed by atoms with E-state index in [1.165, 1.54) is 17.8 Å². The van der Waals surface area contributed by atoms with Gasteiger partial charge in [0.15, 0.2) is 0 Å². The highest BCUT2D eigenvalue weighted by atomic mass is 79.9. The molecule has 0 aliphatic carbocycles. The van der Waals surface area contributed by atoms with Gasteiger partial charge >= 0.3 is 6.18 Å². The van der Waals surface area contributed by atoms with Crippen LogP contribution in [-0.4, -0.2) is 11.7 Å². The summed E-state index contributed by atoms with van der Waals surface area (Å²) in [5.74, 6) is 0.136. The summed E-state index contributed by atoms with van der Waals surface area (Å²) < 4.78 is 39.6. The first-order chi connectivity index (χ1) is 10.9. The summed E-state index contributed by atoms with van der Waals surface area (Å²) in [6.45, 7) is 0. The molecule has 0 saturated carbocycles. The number of alkyl halides is 3. The Hall–Kier alpha value is -1.47. The van der Waals surface area contributed by atoms with Crippen LogP contribution in [-0.2, 0) is 11.0 Å². The van der Waals surface area contributed by atoms with Gasteiger partial charge in [-0.2, -0.15) is 13.2 Å². The van der Waals surface area contributed by atoms with Crippen LogP contribution in [0, 0.1) is 0 Å². The molecular weight excluding hydrogens is 391 g/mol. The van der Waals surface area contributed by atoms with Crippen molar-refractivity contribution in [2.24, 2.45) is 0 Å². The number of benzene rings is 2. The molecule has 0 bridgehead atoms. The van der Waals surface area contributed by atoms with Crippen LogP contribution in [0.2, 0.25) is 0 Å². The lowest BCUT2D eigenvalue weighted by atomic mass is 10.1. The van der Waals surface area contributed by atoms with Crippen LogP contribution in [0.5, 0.6) is 0 Å². The maximum absolute atomic E-state index is 12.9. The average molecular weight is 402 g/mol. The molecule has 0 radical (unpaired) electrons. The quantitative estimate of drug-likeness (QED) is 0.684. The highest BCUT2D eigenvalue weighted by Crippen LogP contribution is 2.43. The third-order valence-corrected chi connectivity index (χ3v) is 5.21. The van der Waals surface area contributed by atoms with Crippen LogP contribution >= 0.6 is 27.7 Å². The van der Waals surface area contributed by atoms with Crippen molar-refractivity contribution in [2.45, 2.75) is 11.6 Å². The van der Waals surface area contributed by atoms with E-state index in [1.807, 2.05) is 0 Å². The van der Waals surface area contributed by atoms with Crippen molar-refractivity contribution in [3.8, 4) is 0 Å². The minimum absolute atomic E-state index is 0.111. The monoisotopic (exact) mass is 401 g/mol. The summed E-state index contributed by atoms with van der Waals surface area (Å²) in [5, 5.41) is -0.453. The Kier molecular flexibility index (Phi) is 4.42. The first-order valence-corrected chi connectivity index (χ1v) is 8.57. The molecule has 0 unspecified atom stereocenters. The van der Waals surface area contributed by atoms with Crippen molar-refractivity contribution in [1.29, 1.82) is 0 Å². The van der Waals surface area contributed by atoms with Gasteiger partial charge in [0, 0.05) is 10.2 Å². The van der Waals surface area contributed by atoms with Gasteiger partial charge in [-0.3, -0.25) is 9.69 Å². The van der Waals surface area contributed by atoms with E-state index in [1.54, 1.807) is 35.2 Å². The van der Waals surface area contributed by atoms with Crippen LogP contribution in [0.15, 0.2) is 53.0 Å². The second-order valence-electron chi connectivity index (χ2n) is 5.03. The molecule has 23 heavy (non-hydrogen) atoms. The predicted molar refractivity (Wildman–Crippen MR) is 88.3 cm³/mol. The number of thioether (sulfide) groups is 1. The molecule has 1 heterocycles. The number of halogens is 4. The fraction of sp³-hybridized carbons (Fsp3) is 0.188. The number of nitrogens with zero attached hydrogens (tertiary/aromatic N) is 1. The van der Waals surface area contributed by atoms with Gasteiger partial charge < -0.3 is 0 Å². The van der Waals surface area contributed by atoms with Crippen LogP contribution in [0.25, 0.3) is 0 Å². The van der Waals surface area contributed by atoms with E-state index in [-0.39, 0.29) is 11.7 Å². The Labute approximate surface area is 143 Å². The fourth-order valence-electron chi connectivity index (χ4n) is 2.42. The number of hydrogen-bond donors (Lipinski definition) is 0. The Balaban J connectivity index is 1.98. The van der Waals surface area contributed by atoms with Crippen LogP contribution in [0.3, 0.4) is 0 Å². The summed E-state index contributed by atoms with van der Waals surface area (Å²) in [7, 11) is 0. The molecule has 7 heteroatoms. The minimum Gasteiger partial charge on any atom is -0.295 e. The van der Waals surface area contributed by atoms with Crippen molar-refractivity contribution < 1.29 is 18.0 Å². The van der Waals surface area contributed by atoms with Crippen LogP contribution in [0.4, 0.5) is 18.9 Å². The molecule has 1 aliphatic heterocycles. The lowest BCUT2D eigenvalue weighted by Gasteiger charge is -2.25. The van der Waals surface area contributed by atoms with E-state index in [9.17, 15) is 18.0 Å². The summed E-state index contributed by atoms with van der Waals surface area (Å²) in [5.41, 5.74) is 0.440. The first-order valence-electron chi connectivity index (χ1n) is 6.72. The number of anilines is 1. The third kappa shape index (κ3) is 3.40. The number of rotatable bonds is 2. The van der Waals surface area contributed by atoms with E-state index in [0.29, 0.717) is 11.3 Å². The molecule has 3 rings (SSSR count).